The van der Waals surface area contributed by atoms with E-state index in [-0.39, 0.29) is 43.3 Å². The van der Waals surface area contributed by atoms with Gasteiger partial charge in [-0.3, -0.25) is 14.4 Å². The van der Waals surface area contributed by atoms with Gasteiger partial charge >= 0.3 is 5.97 Å². The van der Waals surface area contributed by atoms with Gasteiger partial charge in [0.2, 0.25) is 17.7 Å². The third-order valence-corrected chi connectivity index (χ3v) is 6.33. The maximum Gasteiger partial charge on any atom is 0.337 e. The first-order valence-electron chi connectivity index (χ1n) is 12.1. The molecule has 8 nitrogen and oxygen atoms in total. The monoisotopic (exact) mass is 515 g/mol. The standard InChI is InChI=1S/C27H31F2N3O5/c1-16(2)25(26(35)30-14-17-6-4-7-18(12-17)27(36)37-3)31-22(33)13-20-10-11-23(34)32(20)15-19-8-5-9-21(28)24(19)29/h4-9,12,16,20,25H,10-11,13-15H2,1-3H3,(H,30,35)(H,31,33)/t20-,25?/m0/s1. The van der Waals surface area contributed by atoms with Crippen molar-refractivity contribution in [2.45, 2.75) is 58.3 Å². The lowest BCUT2D eigenvalue weighted by atomic mass is 10.0. The maximum atomic E-state index is 14.1. The lowest BCUT2D eigenvalue weighted by Gasteiger charge is -2.27. The molecule has 0 aliphatic carbocycles. The second kappa shape index (κ2) is 12.4. The lowest BCUT2D eigenvalue weighted by Crippen LogP contribution is -2.50. The van der Waals surface area contributed by atoms with Crippen LogP contribution in [0.4, 0.5) is 8.78 Å². The minimum absolute atomic E-state index is 0.0383. The fourth-order valence-electron chi connectivity index (χ4n) is 4.28. The molecule has 1 fully saturated rings. The molecule has 2 aromatic carbocycles. The minimum Gasteiger partial charge on any atom is -0.465 e. The van der Waals surface area contributed by atoms with Crippen LogP contribution in [0.1, 0.15) is 54.6 Å². The highest BCUT2D eigenvalue weighted by molar-refractivity contribution is 5.90. The number of likely N-dealkylation sites (tertiary alicyclic amines) is 1. The molecular formula is C27H31F2N3O5. The van der Waals surface area contributed by atoms with Gasteiger partial charge in [-0.15, -0.1) is 0 Å². The minimum atomic E-state index is -1.01. The number of methoxy groups -OCH3 is 1. The first kappa shape index (κ1) is 27.8. The Bertz CT molecular complexity index is 1170. The van der Waals surface area contributed by atoms with Crippen LogP contribution in [0.2, 0.25) is 0 Å². The highest BCUT2D eigenvalue weighted by Gasteiger charge is 2.34. The molecule has 2 atom stereocenters. The molecule has 3 rings (SSSR count). The predicted octanol–water partition coefficient (Wildman–Crippen LogP) is 3.09. The van der Waals surface area contributed by atoms with Crippen molar-refractivity contribution in [2.75, 3.05) is 7.11 Å². The molecule has 0 bridgehead atoms. The van der Waals surface area contributed by atoms with Crippen LogP contribution in [0.3, 0.4) is 0 Å². The molecular weight excluding hydrogens is 484 g/mol. The SMILES string of the molecule is COC(=O)c1cccc(CNC(=O)C(NC(=O)C[C@@H]2CCC(=O)N2Cc2cccc(F)c2F)C(C)C)c1. The van der Waals surface area contributed by atoms with Crippen LogP contribution in [-0.2, 0) is 32.2 Å². The molecule has 0 aromatic heterocycles. The van der Waals surface area contributed by atoms with Gasteiger partial charge in [-0.1, -0.05) is 38.1 Å². The summed E-state index contributed by atoms with van der Waals surface area (Å²) in [6.45, 7) is 3.59. The average molecular weight is 516 g/mol. The summed E-state index contributed by atoms with van der Waals surface area (Å²) in [6.07, 6.45) is 0.534. The number of nitrogens with zero attached hydrogens (tertiary/aromatic N) is 1. The zero-order valence-electron chi connectivity index (χ0n) is 21.1. The number of nitrogens with one attached hydrogen (secondary N) is 2. The summed E-state index contributed by atoms with van der Waals surface area (Å²) in [6, 6.07) is 9.10. The first-order valence-corrected chi connectivity index (χ1v) is 12.1. The Labute approximate surface area is 214 Å². The zero-order chi connectivity index (χ0) is 27.1. The number of carbonyl (C=O) groups excluding carboxylic acids is 4. The van der Waals surface area contributed by atoms with Crippen LogP contribution in [-0.4, -0.2) is 47.8 Å². The number of amides is 3. The Morgan fingerprint density at radius 1 is 1.14 bits per heavy atom. The molecule has 1 aliphatic heterocycles. The Hall–Kier alpha value is -3.82. The molecule has 3 amide bonds. The normalized spacial score (nSPS) is 16.0. The van der Waals surface area contributed by atoms with E-state index >= 15 is 0 Å². The predicted molar refractivity (Wildman–Crippen MR) is 131 cm³/mol. The van der Waals surface area contributed by atoms with Gasteiger partial charge < -0.3 is 20.3 Å². The first-order chi connectivity index (χ1) is 17.6. The van der Waals surface area contributed by atoms with Crippen molar-refractivity contribution in [3.63, 3.8) is 0 Å². The number of halogens is 2. The van der Waals surface area contributed by atoms with Gasteiger partial charge in [0.05, 0.1) is 12.7 Å². The Morgan fingerprint density at radius 3 is 2.57 bits per heavy atom. The summed E-state index contributed by atoms with van der Waals surface area (Å²) in [4.78, 5) is 51.2. The highest BCUT2D eigenvalue weighted by Crippen LogP contribution is 2.25. The van der Waals surface area contributed by atoms with Crippen molar-refractivity contribution in [1.82, 2.24) is 15.5 Å². The van der Waals surface area contributed by atoms with Crippen LogP contribution in [0.15, 0.2) is 42.5 Å². The number of carbonyl (C=O) groups is 4. The van der Waals surface area contributed by atoms with E-state index in [4.69, 9.17) is 4.74 Å². The largest absolute Gasteiger partial charge is 0.465 e. The van der Waals surface area contributed by atoms with Gasteiger partial charge in [-0.25, -0.2) is 13.6 Å². The molecule has 1 saturated heterocycles. The summed E-state index contributed by atoms with van der Waals surface area (Å²) >= 11 is 0. The fourth-order valence-corrected chi connectivity index (χ4v) is 4.28. The molecule has 0 spiro atoms. The third-order valence-electron chi connectivity index (χ3n) is 6.33. The van der Waals surface area contributed by atoms with Crippen molar-refractivity contribution in [2.24, 2.45) is 5.92 Å². The van der Waals surface area contributed by atoms with E-state index in [1.165, 1.54) is 24.1 Å². The molecule has 1 heterocycles. The molecule has 0 radical (unpaired) electrons. The third kappa shape index (κ3) is 7.12. The smallest absolute Gasteiger partial charge is 0.337 e. The van der Waals surface area contributed by atoms with Gasteiger partial charge in [0.15, 0.2) is 11.6 Å². The van der Waals surface area contributed by atoms with Crippen LogP contribution in [0.25, 0.3) is 0 Å². The van der Waals surface area contributed by atoms with Crippen molar-refractivity contribution in [1.29, 1.82) is 0 Å². The Balaban J connectivity index is 1.60. The van der Waals surface area contributed by atoms with Crippen molar-refractivity contribution < 1.29 is 32.7 Å². The van der Waals surface area contributed by atoms with E-state index in [0.717, 1.165) is 6.07 Å². The summed E-state index contributed by atoms with van der Waals surface area (Å²) in [7, 11) is 1.28. The quantitative estimate of drug-likeness (QED) is 0.474. The van der Waals surface area contributed by atoms with E-state index in [1.807, 2.05) is 0 Å². The van der Waals surface area contributed by atoms with Gasteiger partial charge in [-0.2, -0.15) is 0 Å². The van der Waals surface area contributed by atoms with Crippen LogP contribution < -0.4 is 10.6 Å². The van der Waals surface area contributed by atoms with E-state index < -0.39 is 41.5 Å². The van der Waals surface area contributed by atoms with Crippen molar-refractivity contribution in [3.05, 3.63) is 70.8 Å². The van der Waals surface area contributed by atoms with E-state index in [0.29, 0.717) is 17.5 Å². The van der Waals surface area contributed by atoms with Gasteiger partial charge in [0, 0.05) is 37.5 Å². The molecule has 1 aliphatic rings. The van der Waals surface area contributed by atoms with E-state index in [9.17, 15) is 28.0 Å². The second-order valence-corrected chi connectivity index (χ2v) is 9.33. The summed E-state index contributed by atoms with van der Waals surface area (Å²) in [5.41, 5.74) is 1.09. The number of hydrogen-bond acceptors (Lipinski definition) is 5. The maximum absolute atomic E-state index is 14.1. The molecule has 2 N–H and O–H groups in total. The van der Waals surface area contributed by atoms with Gasteiger partial charge in [0.1, 0.15) is 6.04 Å². The highest BCUT2D eigenvalue weighted by atomic mass is 19.2. The topological polar surface area (TPSA) is 105 Å². The van der Waals surface area contributed by atoms with Crippen LogP contribution >= 0.6 is 0 Å². The molecule has 0 saturated carbocycles. The number of ether oxygens (including phenoxy) is 1. The summed E-state index contributed by atoms with van der Waals surface area (Å²) in [5, 5.41) is 5.52. The second-order valence-electron chi connectivity index (χ2n) is 9.33. The van der Waals surface area contributed by atoms with E-state index in [1.54, 1.807) is 38.1 Å². The fraction of sp³-hybridized carbons (Fsp3) is 0.407. The molecule has 37 heavy (non-hydrogen) atoms. The van der Waals surface area contributed by atoms with Gasteiger partial charge in [0.25, 0.3) is 0 Å². The van der Waals surface area contributed by atoms with Crippen LogP contribution in [0, 0.1) is 17.6 Å². The number of benzene rings is 2. The zero-order valence-corrected chi connectivity index (χ0v) is 21.1. The van der Waals surface area contributed by atoms with Gasteiger partial charge in [-0.05, 0) is 36.1 Å². The number of rotatable bonds is 10. The average Bonchev–Trinajstić information content (AvgIpc) is 3.21. The van der Waals surface area contributed by atoms with Crippen molar-refractivity contribution >= 4 is 23.7 Å². The Morgan fingerprint density at radius 2 is 1.86 bits per heavy atom. The molecule has 198 valence electrons. The Kier molecular flexibility index (Phi) is 9.32. The lowest BCUT2D eigenvalue weighted by molar-refractivity contribution is -0.132. The number of hydrogen-bond donors (Lipinski definition) is 2. The molecule has 1 unspecified atom stereocenters. The molecule has 10 heteroatoms. The van der Waals surface area contributed by atoms with Crippen LogP contribution in [0.5, 0.6) is 0 Å². The summed E-state index contributed by atoms with van der Waals surface area (Å²) in [5.74, 6) is -3.79. The summed E-state index contributed by atoms with van der Waals surface area (Å²) < 4.78 is 32.4. The van der Waals surface area contributed by atoms with Crippen molar-refractivity contribution in [3.8, 4) is 0 Å². The molecule has 2 aromatic rings. The number of esters is 1. The van der Waals surface area contributed by atoms with E-state index in [2.05, 4.69) is 10.6 Å².